The molecule has 0 unspecified atom stereocenters. The number of aromatic nitrogens is 2. The summed E-state index contributed by atoms with van der Waals surface area (Å²) >= 11 is 0. The van der Waals surface area contributed by atoms with Crippen molar-refractivity contribution in [3.63, 3.8) is 0 Å². The van der Waals surface area contributed by atoms with Crippen LogP contribution in [0.15, 0.2) is 54.1 Å². The summed E-state index contributed by atoms with van der Waals surface area (Å²) in [5.41, 5.74) is 0.254. The van der Waals surface area contributed by atoms with Gasteiger partial charge in [0.2, 0.25) is 10.0 Å². The first-order chi connectivity index (χ1) is 12.0. The topological polar surface area (TPSA) is 93.1 Å². The molecule has 8 heteroatoms. The van der Waals surface area contributed by atoms with E-state index in [1.165, 1.54) is 24.3 Å². The Balaban J connectivity index is 2.17. The summed E-state index contributed by atoms with van der Waals surface area (Å²) in [7, 11) is -3.68. The average molecular weight is 362 g/mol. The standard InChI is InChI=1S/C17H22N4O3S/c1-3-5-12-21-16(9-11-18-21)20-17(22)14-7-6-8-15(13-14)25(23,24)19-10-4-2/h4,6-9,11,13,19H,2-3,5,10,12H2,1H3,(H,20,22). The molecule has 2 aromatic rings. The van der Waals surface area contributed by atoms with E-state index < -0.39 is 10.0 Å². The highest BCUT2D eigenvalue weighted by atomic mass is 32.2. The molecule has 0 aliphatic rings. The van der Waals surface area contributed by atoms with Crippen molar-refractivity contribution in [1.29, 1.82) is 0 Å². The van der Waals surface area contributed by atoms with Gasteiger partial charge in [0.15, 0.2) is 0 Å². The highest BCUT2D eigenvalue weighted by Gasteiger charge is 2.16. The minimum Gasteiger partial charge on any atom is -0.307 e. The summed E-state index contributed by atoms with van der Waals surface area (Å²) in [6.07, 6.45) is 5.04. The van der Waals surface area contributed by atoms with Gasteiger partial charge in [-0.15, -0.1) is 6.58 Å². The largest absolute Gasteiger partial charge is 0.307 e. The molecule has 0 aliphatic carbocycles. The second-order valence-corrected chi connectivity index (χ2v) is 7.18. The molecule has 0 saturated carbocycles. The Morgan fingerprint density at radius 1 is 1.36 bits per heavy atom. The van der Waals surface area contributed by atoms with Crippen LogP contribution in [-0.4, -0.2) is 30.7 Å². The van der Waals surface area contributed by atoms with Crippen LogP contribution in [0.3, 0.4) is 0 Å². The van der Waals surface area contributed by atoms with E-state index in [9.17, 15) is 13.2 Å². The highest BCUT2D eigenvalue weighted by molar-refractivity contribution is 7.89. The highest BCUT2D eigenvalue weighted by Crippen LogP contribution is 2.14. The molecule has 0 spiro atoms. The number of carbonyl (C=O) groups excluding carboxylic acids is 1. The molecule has 0 radical (unpaired) electrons. The number of anilines is 1. The molecule has 25 heavy (non-hydrogen) atoms. The number of amides is 1. The van der Waals surface area contributed by atoms with Gasteiger partial charge in [0.1, 0.15) is 5.82 Å². The molecular formula is C17H22N4O3S. The van der Waals surface area contributed by atoms with Gasteiger partial charge in [-0.3, -0.25) is 4.79 Å². The zero-order valence-electron chi connectivity index (χ0n) is 14.1. The number of hydrogen-bond donors (Lipinski definition) is 2. The SMILES string of the molecule is C=CCNS(=O)(=O)c1cccc(C(=O)Nc2ccnn2CCCC)c1. The van der Waals surface area contributed by atoms with Gasteiger partial charge in [-0.1, -0.05) is 25.5 Å². The number of hydrogen-bond acceptors (Lipinski definition) is 4. The van der Waals surface area contributed by atoms with Crippen LogP contribution in [0.25, 0.3) is 0 Å². The van der Waals surface area contributed by atoms with Gasteiger partial charge in [-0.25, -0.2) is 17.8 Å². The first-order valence-electron chi connectivity index (χ1n) is 8.01. The molecule has 0 bridgehead atoms. The van der Waals surface area contributed by atoms with Gasteiger partial charge in [0.05, 0.1) is 11.1 Å². The average Bonchev–Trinajstić information content (AvgIpc) is 3.05. The molecule has 1 aromatic heterocycles. The van der Waals surface area contributed by atoms with Crippen molar-refractivity contribution >= 4 is 21.7 Å². The second-order valence-electron chi connectivity index (χ2n) is 5.42. The van der Waals surface area contributed by atoms with Crippen LogP contribution >= 0.6 is 0 Å². The van der Waals surface area contributed by atoms with Gasteiger partial charge in [0, 0.05) is 24.7 Å². The summed E-state index contributed by atoms with van der Waals surface area (Å²) in [6, 6.07) is 7.58. The summed E-state index contributed by atoms with van der Waals surface area (Å²) in [5, 5.41) is 6.95. The first-order valence-corrected chi connectivity index (χ1v) is 9.50. The lowest BCUT2D eigenvalue weighted by atomic mass is 10.2. The smallest absolute Gasteiger partial charge is 0.256 e. The third-order valence-electron chi connectivity index (χ3n) is 3.51. The van der Waals surface area contributed by atoms with Crippen LogP contribution in [0.1, 0.15) is 30.1 Å². The molecule has 0 aliphatic heterocycles. The van der Waals surface area contributed by atoms with Crippen LogP contribution in [0.2, 0.25) is 0 Å². The Morgan fingerprint density at radius 2 is 2.16 bits per heavy atom. The maximum absolute atomic E-state index is 12.4. The van der Waals surface area contributed by atoms with Crippen molar-refractivity contribution in [2.24, 2.45) is 0 Å². The zero-order chi connectivity index (χ0) is 18.3. The van der Waals surface area contributed by atoms with Gasteiger partial charge in [-0.2, -0.15) is 5.10 Å². The Morgan fingerprint density at radius 3 is 2.88 bits per heavy atom. The molecule has 2 N–H and O–H groups in total. The van der Waals surface area contributed by atoms with Gasteiger partial charge in [-0.05, 0) is 24.6 Å². The van der Waals surface area contributed by atoms with Gasteiger partial charge < -0.3 is 5.32 Å². The lowest BCUT2D eigenvalue weighted by Crippen LogP contribution is -2.24. The van der Waals surface area contributed by atoms with Crippen LogP contribution in [0.4, 0.5) is 5.82 Å². The van der Waals surface area contributed by atoms with Crippen molar-refractivity contribution in [2.75, 3.05) is 11.9 Å². The number of nitrogens with zero attached hydrogens (tertiary/aromatic N) is 2. The Hall–Kier alpha value is -2.45. The molecule has 134 valence electrons. The molecular weight excluding hydrogens is 340 g/mol. The number of nitrogens with one attached hydrogen (secondary N) is 2. The number of sulfonamides is 1. The number of benzene rings is 1. The summed E-state index contributed by atoms with van der Waals surface area (Å²) < 4.78 is 28.4. The third-order valence-corrected chi connectivity index (χ3v) is 4.93. The van der Waals surface area contributed by atoms with E-state index in [1.54, 1.807) is 23.0 Å². The van der Waals surface area contributed by atoms with Crippen LogP contribution in [-0.2, 0) is 16.6 Å². The van der Waals surface area contributed by atoms with E-state index in [0.29, 0.717) is 12.4 Å². The fourth-order valence-electron chi connectivity index (χ4n) is 2.17. The van der Waals surface area contributed by atoms with Gasteiger partial charge >= 0.3 is 0 Å². The van der Waals surface area contributed by atoms with Crippen molar-refractivity contribution in [3.05, 3.63) is 54.7 Å². The molecule has 0 atom stereocenters. The van der Waals surface area contributed by atoms with E-state index in [1.807, 2.05) is 0 Å². The van der Waals surface area contributed by atoms with Gasteiger partial charge in [0.25, 0.3) is 5.91 Å². The van der Waals surface area contributed by atoms with E-state index in [0.717, 1.165) is 12.8 Å². The number of carbonyl (C=O) groups is 1. The second kappa shape index (κ2) is 8.59. The first kappa shape index (κ1) is 18.9. The summed E-state index contributed by atoms with van der Waals surface area (Å²) in [4.78, 5) is 12.5. The van der Waals surface area contributed by atoms with E-state index >= 15 is 0 Å². The minimum absolute atomic E-state index is 0.0292. The Kier molecular flexibility index (Phi) is 6.49. The fourth-order valence-corrected chi connectivity index (χ4v) is 3.21. The predicted molar refractivity (Wildman–Crippen MR) is 96.9 cm³/mol. The molecule has 0 saturated heterocycles. The Labute approximate surface area is 147 Å². The third kappa shape index (κ3) is 5.01. The fraction of sp³-hybridized carbons (Fsp3) is 0.294. The normalized spacial score (nSPS) is 11.2. The quantitative estimate of drug-likeness (QED) is 0.670. The monoisotopic (exact) mass is 362 g/mol. The molecule has 1 aromatic carbocycles. The molecule has 1 amide bonds. The van der Waals surface area contributed by atoms with E-state index in [2.05, 4.69) is 28.6 Å². The number of aryl methyl sites for hydroxylation is 1. The molecule has 1 heterocycles. The van der Waals surface area contributed by atoms with Crippen LogP contribution in [0, 0.1) is 0 Å². The minimum atomic E-state index is -3.68. The summed E-state index contributed by atoms with van der Waals surface area (Å²) in [6.45, 7) is 6.38. The maximum Gasteiger partial charge on any atom is 0.256 e. The number of unbranched alkanes of at least 4 members (excludes halogenated alkanes) is 1. The lowest BCUT2D eigenvalue weighted by molar-refractivity contribution is 0.102. The van der Waals surface area contributed by atoms with Crippen molar-refractivity contribution in [3.8, 4) is 0 Å². The maximum atomic E-state index is 12.4. The van der Waals surface area contributed by atoms with Crippen LogP contribution < -0.4 is 10.0 Å². The Bertz CT molecular complexity index is 843. The number of rotatable bonds is 9. The van der Waals surface area contributed by atoms with Crippen molar-refractivity contribution in [2.45, 2.75) is 31.2 Å². The van der Waals surface area contributed by atoms with Crippen LogP contribution in [0.5, 0.6) is 0 Å². The molecule has 2 rings (SSSR count). The summed E-state index contributed by atoms with van der Waals surface area (Å²) in [5.74, 6) is 0.190. The van der Waals surface area contributed by atoms with E-state index in [-0.39, 0.29) is 22.9 Å². The predicted octanol–water partition coefficient (Wildman–Crippen LogP) is 2.40. The van der Waals surface area contributed by atoms with Crippen molar-refractivity contribution < 1.29 is 13.2 Å². The van der Waals surface area contributed by atoms with Crippen molar-refractivity contribution in [1.82, 2.24) is 14.5 Å². The zero-order valence-corrected chi connectivity index (χ0v) is 14.9. The van der Waals surface area contributed by atoms with E-state index in [4.69, 9.17) is 0 Å². The molecule has 0 fully saturated rings. The molecule has 7 nitrogen and oxygen atoms in total. The lowest BCUT2D eigenvalue weighted by Gasteiger charge is -2.10.